The van der Waals surface area contributed by atoms with Crippen LogP contribution < -0.4 is 5.32 Å². The molecule has 0 unspecified atom stereocenters. The lowest BCUT2D eigenvalue weighted by Crippen LogP contribution is -2.18. The molecule has 0 saturated heterocycles. The predicted molar refractivity (Wildman–Crippen MR) is 55.4 cm³/mol. The Balaban J connectivity index is 2.69. The van der Waals surface area contributed by atoms with Crippen molar-refractivity contribution in [1.82, 2.24) is 4.98 Å². The smallest absolute Gasteiger partial charge is 0.228 e. The van der Waals surface area contributed by atoms with Gasteiger partial charge in [-0.3, -0.25) is 4.79 Å². The molecule has 0 aliphatic heterocycles. The number of pyridine rings is 1. The molecule has 1 N–H and O–H groups in total. The van der Waals surface area contributed by atoms with Gasteiger partial charge in [0.1, 0.15) is 10.4 Å². The lowest BCUT2D eigenvalue weighted by Gasteiger charge is -2.06. The largest absolute Gasteiger partial charge is 0.310 e. The minimum Gasteiger partial charge on any atom is -0.310 e. The van der Waals surface area contributed by atoms with Crippen molar-refractivity contribution in [3.63, 3.8) is 0 Å². The van der Waals surface area contributed by atoms with Crippen molar-refractivity contribution in [2.45, 2.75) is 13.8 Å². The molecule has 3 nitrogen and oxygen atoms in total. The third-order valence-electron chi connectivity index (χ3n) is 1.49. The van der Waals surface area contributed by atoms with E-state index in [1.54, 1.807) is 6.07 Å². The molecular weight excluding hydrogens is 232 g/mol. The Bertz CT molecular complexity index is 312. The first-order valence-electron chi connectivity index (χ1n) is 4.03. The lowest BCUT2D eigenvalue weighted by molar-refractivity contribution is -0.118. The van der Waals surface area contributed by atoms with Crippen LogP contribution >= 0.6 is 15.9 Å². The monoisotopic (exact) mass is 242 g/mol. The van der Waals surface area contributed by atoms with Crippen molar-refractivity contribution in [3.8, 4) is 0 Å². The number of hydrogen-bond donors (Lipinski definition) is 1. The zero-order chi connectivity index (χ0) is 9.84. The van der Waals surface area contributed by atoms with Crippen LogP contribution in [0.2, 0.25) is 0 Å². The van der Waals surface area contributed by atoms with Crippen molar-refractivity contribution in [2.75, 3.05) is 5.32 Å². The second-order valence-electron chi connectivity index (χ2n) is 2.99. The van der Waals surface area contributed by atoms with Crippen molar-refractivity contribution >= 4 is 27.7 Å². The zero-order valence-electron chi connectivity index (χ0n) is 7.54. The van der Waals surface area contributed by atoms with Crippen LogP contribution in [0.15, 0.2) is 22.8 Å². The first-order valence-corrected chi connectivity index (χ1v) is 4.82. The van der Waals surface area contributed by atoms with Crippen LogP contribution in [0.3, 0.4) is 0 Å². The number of rotatable bonds is 2. The van der Waals surface area contributed by atoms with E-state index in [1.807, 2.05) is 26.0 Å². The molecule has 0 aliphatic carbocycles. The van der Waals surface area contributed by atoms with E-state index in [4.69, 9.17) is 0 Å². The molecule has 0 spiro atoms. The Hall–Kier alpha value is -0.900. The van der Waals surface area contributed by atoms with E-state index in [2.05, 4.69) is 26.2 Å². The summed E-state index contributed by atoms with van der Waals surface area (Å²) in [6.45, 7) is 3.68. The summed E-state index contributed by atoms with van der Waals surface area (Å²) in [5.41, 5.74) is 0. The highest BCUT2D eigenvalue weighted by Crippen LogP contribution is 2.10. The third-order valence-corrected chi connectivity index (χ3v) is 1.93. The molecule has 70 valence electrons. The van der Waals surface area contributed by atoms with E-state index in [1.165, 1.54) is 0 Å². The van der Waals surface area contributed by atoms with Crippen LogP contribution in [-0.4, -0.2) is 10.9 Å². The molecule has 13 heavy (non-hydrogen) atoms. The molecule has 4 heteroatoms. The number of amides is 1. The predicted octanol–water partition coefficient (Wildman–Crippen LogP) is 2.44. The van der Waals surface area contributed by atoms with Gasteiger partial charge >= 0.3 is 0 Å². The summed E-state index contributed by atoms with van der Waals surface area (Å²) >= 11 is 3.23. The number of nitrogens with zero attached hydrogens (tertiary/aromatic N) is 1. The van der Waals surface area contributed by atoms with Crippen LogP contribution in [0.1, 0.15) is 13.8 Å². The van der Waals surface area contributed by atoms with Crippen molar-refractivity contribution in [3.05, 3.63) is 22.8 Å². The van der Waals surface area contributed by atoms with E-state index >= 15 is 0 Å². The summed E-state index contributed by atoms with van der Waals surface area (Å²) in [5.74, 6) is 0.527. The summed E-state index contributed by atoms with van der Waals surface area (Å²) in [6.07, 6.45) is 0. The van der Waals surface area contributed by atoms with E-state index in [9.17, 15) is 4.79 Å². The molecule has 0 atom stereocenters. The van der Waals surface area contributed by atoms with Crippen molar-refractivity contribution in [2.24, 2.45) is 5.92 Å². The van der Waals surface area contributed by atoms with E-state index in [0.717, 1.165) is 0 Å². The second kappa shape index (κ2) is 4.37. The quantitative estimate of drug-likeness (QED) is 0.810. The van der Waals surface area contributed by atoms with Crippen molar-refractivity contribution < 1.29 is 4.79 Å². The maximum atomic E-state index is 11.3. The zero-order valence-corrected chi connectivity index (χ0v) is 9.13. The summed E-state index contributed by atoms with van der Waals surface area (Å²) in [5, 5.41) is 2.70. The fourth-order valence-electron chi connectivity index (χ4n) is 0.748. The standard InChI is InChI=1S/C9H11BrN2O/c1-6(2)9(13)12-8-5-3-4-7(10)11-8/h3-6H,1-2H3,(H,11,12,13). The minimum absolute atomic E-state index is 0.0226. The Morgan fingerprint density at radius 3 is 2.77 bits per heavy atom. The van der Waals surface area contributed by atoms with Gasteiger partial charge in [0.2, 0.25) is 5.91 Å². The molecule has 0 aliphatic rings. The van der Waals surface area contributed by atoms with E-state index < -0.39 is 0 Å². The number of hydrogen-bond acceptors (Lipinski definition) is 2. The molecule has 0 bridgehead atoms. The van der Waals surface area contributed by atoms with Crippen molar-refractivity contribution in [1.29, 1.82) is 0 Å². The molecular formula is C9H11BrN2O. The molecule has 1 aromatic heterocycles. The summed E-state index contributed by atoms with van der Waals surface area (Å²) in [4.78, 5) is 15.3. The number of halogens is 1. The Morgan fingerprint density at radius 2 is 2.23 bits per heavy atom. The molecule has 0 fully saturated rings. The van der Waals surface area contributed by atoms with Gasteiger partial charge < -0.3 is 5.32 Å². The number of carbonyl (C=O) groups is 1. The number of carbonyl (C=O) groups excluding carboxylic acids is 1. The van der Waals surface area contributed by atoms with Gasteiger partial charge in [-0.15, -0.1) is 0 Å². The molecule has 0 radical (unpaired) electrons. The van der Waals surface area contributed by atoms with Gasteiger partial charge in [-0.05, 0) is 28.1 Å². The average molecular weight is 243 g/mol. The summed E-state index contributed by atoms with van der Waals surface area (Å²) in [7, 11) is 0. The highest BCUT2D eigenvalue weighted by atomic mass is 79.9. The van der Waals surface area contributed by atoms with Gasteiger partial charge in [0, 0.05) is 5.92 Å². The van der Waals surface area contributed by atoms with Gasteiger partial charge in [0.05, 0.1) is 0 Å². The first-order chi connectivity index (χ1) is 6.09. The molecule has 1 amide bonds. The Morgan fingerprint density at radius 1 is 1.54 bits per heavy atom. The molecule has 0 saturated carbocycles. The highest BCUT2D eigenvalue weighted by molar-refractivity contribution is 9.10. The maximum Gasteiger partial charge on any atom is 0.228 e. The summed E-state index contributed by atoms with van der Waals surface area (Å²) in [6, 6.07) is 5.39. The molecule has 1 rings (SSSR count). The Labute approximate surface area is 85.7 Å². The van der Waals surface area contributed by atoms with Crippen LogP contribution in [0.5, 0.6) is 0 Å². The van der Waals surface area contributed by atoms with Gasteiger partial charge in [-0.2, -0.15) is 0 Å². The average Bonchev–Trinajstić information content (AvgIpc) is 2.04. The fraction of sp³-hybridized carbons (Fsp3) is 0.333. The number of anilines is 1. The molecule has 1 heterocycles. The maximum absolute atomic E-state index is 11.3. The lowest BCUT2D eigenvalue weighted by atomic mass is 10.2. The summed E-state index contributed by atoms with van der Waals surface area (Å²) < 4.78 is 0.717. The van der Waals surface area contributed by atoms with Gasteiger partial charge in [-0.25, -0.2) is 4.98 Å². The Kier molecular flexibility index (Phi) is 3.42. The van der Waals surface area contributed by atoms with E-state index in [0.29, 0.717) is 10.4 Å². The van der Waals surface area contributed by atoms with Crippen LogP contribution in [0.4, 0.5) is 5.82 Å². The normalized spacial score (nSPS) is 10.2. The van der Waals surface area contributed by atoms with Crippen LogP contribution in [0, 0.1) is 5.92 Å². The number of aromatic nitrogens is 1. The van der Waals surface area contributed by atoms with Crippen LogP contribution in [0.25, 0.3) is 0 Å². The second-order valence-corrected chi connectivity index (χ2v) is 3.80. The minimum atomic E-state index is -0.0271. The highest BCUT2D eigenvalue weighted by Gasteiger charge is 2.07. The number of nitrogens with one attached hydrogen (secondary N) is 1. The fourth-order valence-corrected chi connectivity index (χ4v) is 1.09. The third kappa shape index (κ3) is 3.14. The SMILES string of the molecule is CC(C)C(=O)Nc1cccc(Br)n1. The van der Waals surface area contributed by atoms with Gasteiger partial charge in [0.15, 0.2) is 0 Å². The molecule has 0 aromatic carbocycles. The topological polar surface area (TPSA) is 42.0 Å². The van der Waals surface area contributed by atoms with Gasteiger partial charge in [-0.1, -0.05) is 19.9 Å². The molecule has 1 aromatic rings. The van der Waals surface area contributed by atoms with Crippen LogP contribution in [-0.2, 0) is 4.79 Å². The first kappa shape index (κ1) is 10.2. The van der Waals surface area contributed by atoms with E-state index in [-0.39, 0.29) is 11.8 Å². The van der Waals surface area contributed by atoms with Gasteiger partial charge in [0.25, 0.3) is 0 Å².